The average molecular weight is 291 g/mol. The minimum Gasteiger partial charge on any atom is -0.426 e. The zero-order valence-corrected chi connectivity index (χ0v) is 13.5. The number of hydrogen-bond acceptors (Lipinski definition) is 3. The summed E-state index contributed by atoms with van der Waals surface area (Å²) >= 11 is 0. The smallest absolute Gasteiger partial charge is 0.314 e. The summed E-state index contributed by atoms with van der Waals surface area (Å²) in [5.74, 6) is 0.0173. The number of esters is 1. The zero-order valence-electron chi connectivity index (χ0n) is 13.5. The minimum absolute atomic E-state index is 0.0123. The van der Waals surface area contributed by atoms with E-state index in [2.05, 4.69) is 5.32 Å². The van der Waals surface area contributed by atoms with Crippen LogP contribution >= 0.6 is 0 Å². The first kappa shape index (κ1) is 17.2. The Morgan fingerprint density at radius 3 is 2.52 bits per heavy atom. The lowest BCUT2D eigenvalue weighted by molar-refractivity contribution is -0.139. The summed E-state index contributed by atoms with van der Waals surface area (Å²) in [6.07, 6.45) is 0.562. The molecule has 0 saturated heterocycles. The Hall–Kier alpha value is -1.84. The maximum absolute atomic E-state index is 12.0. The first-order valence-electron chi connectivity index (χ1n) is 7.27. The second-order valence-electron chi connectivity index (χ2n) is 6.43. The van der Waals surface area contributed by atoms with Crippen LogP contribution in [0.2, 0.25) is 0 Å². The average Bonchev–Trinajstić information content (AvgIpc) is 2.37. The minimum atomic E-state index is -0.411. The Morgan fingerprint density at radius 2 is 1.95 bits per heavy atom. The van der Waals surface area contributed by atoms with Crippen molar-refractivity contribution in [1.82, 2.24) is 5.32 Å². The standard InChI is InChI=1S/C17H25NO3/c1-12-7-6-8-14(11-12)21-15(19)13(2)9-10-18-16(20)17(3,4)5/h6-8,11,13H,9-10H2,1-5H3,(H,18,20)/t13-/m1/s1. The van der Waals surface area contributed by atoms with Crippen molar-refractivity contribution < 1.29 is 14.3 Å². The Bertz CT molecular complexity index is 503. The zero-order chi connectivity index (χ0) is 16.0. The SMILES string of the molecule is Cc1cccc(OC(=O)[C@H](C)CCNC(=O)C(C)(C)C)c1. The second-order valence-corrected chi connectivity index (χ2v) is 6.43. The predicted octanol–water partition coefficient (Wildman–Crippen LogP) is 3.09. The molecule has 4 nitrogen and oxygen atoms in total. The third-order valence-electron chi connectivity index (χ3n) is 3.15. The molecule has 1 aromatic carbocycles. The molecule has 1 aromatic rings. The monoisotopic (exact) mass is 291 g/mol. The maximum atomic E-state index is 12.0. The highest BCUT2D eigenvalue weighted by molar-refractivity contribution is 5.81. The fourth-order valence-electron chi connectivity index (χ4n) is 1.68. The lowest BCUT2D eigenvalue weighted by Gasteiger charge is -2.18. The van der Waals surface area contributed by atoms with E-state index in [1.165, 1.54) is 0 Å². The van der Waals surface area contributed by atoms with Gasteiger partial charge in [0.25, 0.3) is 0 Å². The first-order valence-corrected chi connectivity index (χ1v) is 7.27. The highest BCUT2D eigenvalue weighted by Gasteiger charge is 2.21. The quantitative estimate of drug-likeness (QED) is 0.670. The third kappa shape index (κ3) is 5.98. The molecule has 1 amide bonds. The number of carbonyl (C=O) groups excluding carboxylic acids is 2. The summed E-state index contributed by atoms with van der Waals surface area (Å²) in [5.41, 5.74) is 0.635. The van der Waals surface area contributed by atoms with E-state index < -0.39 is 5.41 Å². The molecule has 0 aliphatic heterocycles. The van der Waals surface area contributed by atoms with E-state index in [0.29, 0.717) is 18.7 Å². The molecule has 0 radical (unpaired) electrons. The molecule has 0 aliphatic carbocycles. The molecule has 0 fully saturated rings. The Kier molecular flexibility index (Phi) is 5.94. The molecule has 21 heavy (non-hydrogen) atoms. The highest BCUT2D eigenvalue weighted by Crippen LogP contribution is 2.16. The number of benzene rings is 1. The van der Waals surface area contributed by atoms with Crippen molar-refractivity contribution in [3.05, 3.63) is 29.8 Å². The van der Waals surface area contributed by atoms with Gasteiger partial charge in [0, 0.05) is 12.0 Å². The van der Waals surface area contributed by atoms with Crippen molar-refractivity contribution in [2.45, 2.75) is 41.0 Å². The normalized spacial score (nSPS) is 12.6. The topological polar surface area (TPSA) is 55.4 Å². The summed E-state index contributed by atoms with van der Waals surface area (Å²) in [6, 6.07) is 7.39. The Labute approximate surface area is 126 Å². The van der Waals surface area contributed by atoms with Gasteiger partial charge >= 0.3 is 5.97 Å². The molecule has 0 aliphatic rings. The molecule has 116 valence electrons. The van der Waals surface area contributed by atoms with Gasteiger partial charge in [-0.15, -0.1) is 0 Å². The molecule has 0 bridgehead atoms. The van der Waals surface area contributed by atoms with E-state index in [1.54, 1.807) is 13.0 Å². The van der Waals surface area contributed by atoms with Crippen LogP contribution in [0.1, 0.15) is 39.7 Å². The summed E-state index contributed by atoms with van der Waals surface area (Å²) < 4.78 is 5.33. The van der Waals surface area contributed by atoms with Gasteiger partial charge in [0.15, 0.2) is 0 Å². The van der Waals surface area contributed by atoms with E-state index in [1.807, 2.05) is 45.9 Å². The number of nitrogens with one attached hydrogen (secondary N) is 1. The van der Waals surface area contributed by atoms with Gasteiger partial charge in [-0.3, -0.25) is 9.59 Å². The van der Waals surface area contributed by atoms with Crippen LogP contribution in [0.25, 0.3) is 0 Å². The predicted molar refractivity (Wildman–Crippen MR) is 83.1 cm³/mol. The molecule has 1 rings (SSSR count). The van der Waals surface area contributed by atoms with Gasteiger partial charge in [-0.1, -0.05) is 39.8 Å². The van der Waals surface area contributed by atoms with Crippen LogP contribution in [-0.2, 0) is 9.59 Å². The molecular weight excluding hydrogens is 266 g/mol. The Balaban J connectivity index is 2.40. The van der Waals surface area contributed by atoms with Crippen LogP contribution in [0.15, 0.2) is 24.3 Å². The molecule has 0 heterocycles. The lowest BCUT2D eigenvalue weighted by Crippen LogP contribution is -2.36. The third-order valence-corrected chi connectivity index (χ3v) is 3.15. The molecule has 4 heteroatoms. The van der Waals surface area contributed by atoms with Crippen molar-refractivity contribution >= 4 is 11.9 Å². The molecule has 0 aromatic heterocycles. The van der Waals surface area contributed by atoms with Crippen LogP contribution in [0, 0.1) is 18.3 Å². The van der Waals surface area contributed by atoms with Gasteiger partial charge in [-0.2, -0.15) is 0 Å². The van der Waals surface area contributed by atoms with Crippen LogP contribution in [0.4, 0.5) is 0 Å². The summed E-state index contributed by atoms with van der Waals surface area (Å²) in [5, 5.41) is 2.83. The van der Waals surface area contributed by atoms with E-state index in [-0.39, 0.29) is 17.8 Å². The van der Waals surface area contributed by atoms with E-state index in [0.717, 1.165) is 5.56 Å². The second kappa shape index (κ2) is 7.25. The van der Waals surface area contributed by atoms with Gasteiger partial charge in [-0.05, 0) is 31.0 Å². The number of rotatable bonds is 5. The molecule has 0 spiro atoms. The van der Waals surface area contributed by atoms with Crippen molar-refractivity contribution in [1.29, 1.82) is 0 Å². The van der Waals surface area contributed by atoms with Crippen LogP contribution in [0.5, 0.6) is 5.75 Å². The fourth-order valence-corrected chi connectivity index (χ4v) is 1.68. The lowest BCUT2D eigenvalue weighted by atomic mass is 9.95. The molecule has 1 N–H and O–H groups in total. The van der Waals surface area contributed by atoms with Crippen LogP contribution in [0.3, 0.4) is 0 Å². The van der Waals surface area contributed by atoms with Crippen molar-refractivity contribution in [3.8, 4) is 5.75 Å². The van der Waals surface area contributed by atoms with E-state index >= 15 is 0 Å². The summed E-state index contributed by atoms with van der Waals surface area (Å²) in [6.45, 7) is 9.80. The number of carbonyl (C=O) groups is 2. The Morgan fingerprint density at radius 1 is 1.29 bits per heavy atom. The van der Waals surface area contributed by atoms with Gasteiger partial charge in [0.1, 0.15) is 5.75 Å². The van der Waals surface area contributed by atoms with Crippen LogP contribution < -0.4 is 10.1 Å². The van der Waals surface area contributed by atoms with Crippen LogP contribution in [-0.4, -0.2) is 18.4 Å². The molecule has 0 unspecified atom stereocenters. The van der Waals surface area contributed by atoms with E-state index in [4.69, 9.17) is 4.74 Å². The number of amides is 1. The van der Waals surface area contributed by atoms with Crippen molar-refractivity contribution in [2.75, 3.05) is 6.54 Å². The number of hydrogen-bond donors (Lipinski definition) is 1. The van der Waals surface area contributed by atoms with Gasteiger partial charge in [0.05, 0.1) is 5.92 Å². The summed E-state index contributed by atoms with van der Waals surface area (Å²) in [4.78, 5) is 23.7. The molecular formula is C17H25NO3. The van der Waals surface area contributed by atoms with Crippen molar-refractivity contribution in [3.63, 3.8) is 0 Å². The van der Waals surface area contributed by atoms with E-state index in [9.17, 15) is 9.59 Å². The fraction of sp³-hybridized carbons (Fsp3) is 0.529. The molecule has 1 atom stereocenters. The highest BCUT2D eigenvalue weighted by atomic mass is 16.5. The summed E-state index contributed by atoms with van der Waals surface area (Å²) in [7, 11) is 0. The maximum Gasteiger partial charge on any atom is 0.314 e. The van der Waals surface area contributed by atoms with Gasteiger partial charge < -0.3 is 10.1 Å². The number of aryl methyl sites for hydroxylation is 1. The first-order chi connectivity index (χ1) is 9.70. The van der Waals surface area contributed by atoms with Gasteiger partial charge in [0.2, 0.25) is 5.91 Å². The largest absolute Gasteiger partial charge is 0.426 e. The number of ether oxygens (including phenoxy) is 1. The molecule has 0 saturated carbocycles. The van der Waals surface area contributed by atoms with Crippen molar-refractivity contribution in [2.24, 2.45) is 11.3 Å². The van der Waals surface area contributed by atoms with Gasteiger partial charge in [-0.25, -0.2) is 0 Å².